The van der Waals surface area contributed by atoms with Gasteiger partial charge in [-0.25, -0.2) is 0 Å². The highest BCUT2D eigenvalue weighted by Crippen LogP contribution is 2.22. The molecule has 0 unspecified atom stereocenters. The first-order valence-corrected chi connectivity index (χ1v) is 5.21. The molecule has 0 radical (unpaired) electrons. The molecule has 1 N–H and O–H groups in total. The van der Waals surface area contributed by atoms with Crippen LogP contribution in [0.1, 0.15) is 12.5 Å². The van der Waals surface area contributed by atoms with Gasteiger partial charge in [0.25, 0.3) is 0 Å². The minimum absolute atomic E-state index is 0.540. The third-order valence-electron chi connectivity index (χ3n) is 1.86. The first-order valence-electron chi connectivity index (χ1n) is 4.83. The number of ether oxygens (including phenoxy) is 1. The molecule has 0 spiro atoms. The van der Waals surface area contributed by atoms with Crippen LogP contribution in [0.4, 0.5) is 0 Å². The second-order valence-electron chi connectivity index (χ2n) is 2.99. The lowest BCUT2D eigenvalue weighted by atomic mass is 10.2. The van der Waals surface area contributed by atoms with Crippen molar-refractivity contribution in [3.05, 3.63) is 28.8 Å². The molecule has 0 saturated carbocycles. The van der Waals surface area contributed by atoms with Crippen LogP contribution in [-0.2, 0) is 6.54 Å². The number of terminal acetylenes is 1. The van der Waals surface area contributed by atoms with Crippen LogP contribution in [0.3, 0.4) is 0 Å². The first-order chi connectivity index (χ1) is 7.27. The fraction of sp³-hybridized carbons (Fsp3) is 0.333. The third kappa shape index (κ3) is 3.83. The molecule has 0 aliphatic rings. The molecule has 0 aliphatic heterocycles. The van der Waals surface area contributed by atoms with Gasteiger partial charge in [-0.2, -0.15) is 0 Å². The summed E-state index contributed by atoms with van der Waals surface area (Å²) in [7, 11) is 0. The molecule has 1 aromatic rings. The molecule has 0 aliphatic carbocycles. The van der Waals surface area contributed by atoms with E-state index in [-0.39, 0.29) is 0 Å². The molecule has 0 heterocycles. The van der Waals surface area contributed by atoms with Crippen molar-refractivity contribution in [3.63, 3.8) is 0 Å². The molecule has 15 heavy (non-hydrogen) atoms. The van der Waals surface area contributed by atoms with Gasteiger partial charge in [0.15, 0.2) is 0 Å². The standard InChI is InChI=1S/C12H14ClNO/c1-3-7-14-9-10-8-11(13)5-6-12(10)15-4-2/h1,5-6,8,14H,4,7,9H2,2H3. The summed E-state index contributed by atoms with van der Waals surface area (Å²) in [4.78, 5) is 0. The Hall–Kier alpha value is -1.17. The summed E-state index contributed by atoms with van der Waals surface area (Å²) in [5.74, 6) is 3.37. The fourth-order valence-electron chi connectivity index (χ4n) is 1.25. The van der Waals surface area contributed by atoms with E-state index in [2.05, 4.69) is 11.2 Å². The van der Waals surface area contributed by atoms with E-state index in [0.717, 1.165) is 11.3 Å². The lowest BCUT2D eigenvalue weighted by molar-refractivity contribution is 0.335. The maximum absolute atomic E-state index is 5.91. The van der Waals surface area contributed by atoms with Crippen molar-refractivity contribution in [1.82, 2.24) is 5.32 Å². The van der Waals surface area contributed by atoms with E-state index in [0.29, 0.717) is 24.7 Å². The van der Waals surface area contributed by atoms with Crippen molar-refractivity contribution >= 4 is 11.6 Å². The van der Waals surface area contributed by atoms with Crippen LogP contribution < -0.4 is 10.1 Å². The molecule has 0 amide bonds. The van der Waals surface area contributed by atoms with Crippen molar-refractivity contribution in [3.8, 4) is 18.1 Å². The Labute approximate surface area is 95.6 Å². The average Bonchev–Trinajstić information content (AvgIpc) is 2.22. The highest BCUT2D eigenvalue weighted by molar-refractivity contribution is 6.30. The SMILES string of the molecule is C#CCNCc1cc(Cl)ccc1OCC. The molecule has 0 fully saturated rings. The lowest BCUT2D eigenvalue weighted by Crippen LogP contribution is -2.14. The number of halogens is 1. The zero-order valence-corrected chi connectivity index (χ0v) is 9.47. The molecule has 2 nitrogen and oxygen atoms in total. The molecule has 0 atom stereocenters. The van der Waals surface area contributed by atoms with Crippen molar-refractivity contribution in [1.29, 1.82) is 0 Å². The summed E-state index contributed by atoms with van der Waals surface area (Å²) in [5, 5.41) is 3.81. The molecule has 0 bridgehead atoms. The van der Waals surface area contributed by atoms with Crippen LogP contribution >= 0.6 is 11.6 Å². The zero-order valence-electron chi connectivity index (χ0n) is 8.72. The average molecular weight is 224 g/mol. The molecule has 80 valence electrons. The van der Waals surface area contributed by atoms with E-state index in [1.165, 1.54) is 0 Å². The highest BCUT2D eigenvalue weighted by atomic mass is 35.5. The maximum Gasteiger partial charge on any atom is 0.123 e. The molecule has 0 aromatic heterocycles. The quantitative estimate of drug-likeness (QED) is 0.612. The number of hydrogen-bond acceptors (Lipinski definition) is 2. The van der Waals surface area contributed by atoms with Gasteiger partial charge in [0, 0.05) is 17.1 Å². The summed E-state index contributed by atoms with van der Waals surface area (Å²) in [6.45, 7) is 3.80. The van der Waals surface area contributed by atoms with Gasteiger partial charge in [0.2, 0.25) is 0 Å². The van der Waals surface area contributed by atoms with Crippen LogP contribution in [-0.4, -0.2) is 13.2 Å². The maximum atomic E-state index is 5.91. The summed E-state index contributed by atoms with van der Waals surface area (Å²) in [6, 6.07) is 5.58. The van der Waals surface area contributed by atoms with Crippen LogP contribution in [0.25, 0.3) is 0 Å². The zero-order chi connectivity index (χ0) is 11.1. The van der Waals surface area contributed by atoms with Gasteiger partial charge in [0.1, 0.15) is 5.75 Å². The third-order valence-corrected chi connectivity index (χ3v) is 2.10. The molecule has 1 rings (SSSR count). The molecule has 1 aromatic carbocycles. The molecular weight excluding hydrogens is 210 g/mol. The Morgan fingerprint density at radius 3 is 3.00 bits per heavy atom. The Balaban J connectivity index is 2.73. The smallest absolute Gasteiger partial charge is 0.123 e. The largest absolute Gasteiger partial charge is 0.494 e. The Morgan fingerprint density at radius 2 is 2.33 bits per heavy atom. The molecular formula is C12H14ClNO. The monoisotopic (exact) mass is 223 g/mol. The summed E-state index contributed by atoms with van der Waals surface area (Å²) in [6.07, 6.45) is 5.15. The van der Waals surface area contributed by atoms with E-state index in [4.69, 9.17) is 22.8 Å². The van der Waals surface area contributed by atoms with Crippen molar-refractivity contribution < 1.29 is 4.74 Å². The second kappa shape index (κ2) is 6.34. The van der Waals surface area contributed by atoms with E-state index < -0.39 is 0 Å². The molecule has 3 heteroatoms. The van der Waals surface area contributed by atoms with Gasteiger partial charge in [-0.15, -0.1) is 6.42 Å². The Bertz CT molecular complexity index is 357. The lowest BCUT2D eigenvalue weighted by Gasteiger charge is -2.10. The van der Waals surface area contributed by atoms with Crippen LogP contribution in [0.15, 0.2) is 18.2 Å². The minimum Gasteiger partial charge on any atom is -0.494 e. The van der Waals surface area contributed by atoms with Crippen molar-refractivity contribution in [2.75, 3.05) is 13.2 Å². The normalized spacial score (nSPS) is 9.67. The summed E-state index contributed by atoms with van der Waals surface area (Å²) < 4.78 is 5.47. The number of benzene rings is 1. The molecule has 0 saturated heterocycles. The predicted octanol–water partition coefficient (Wildman–Crippen LogP) is 2.46. The number of nitrogens with one attached hydrogen (secondary N) is 1. The van der Waals surface area contributed by atoms with Crippen molar-refractivity contribution in [2.45, 2.75) is 13.5 Å². The Morgan fingerprint density at radius 1 is 1.53 bits per heavy atom. The van der Waals surface area contributed by atoms with Crippen molar-refractivity contribution in [2.24, 2.45) is 0 Å². The number of hydrogen-bond donors (Lipinski definition) is 1. The minimum atomic E-state index is 0.540. The number of rotatable bonds is 5. The van der Waals surface area contributed by atoms with Gasteiger partial charge < -0.3 is 10.1 Å². The second-order valence-corrected chi connectivity index (χ2v) is 3.43. The van der Waals surface area contributed by atoms with Crippen LogP contribution in [0.5, 0.6) is 5.75 Å². The van der Waals surface area contributed by atoms with E-state index >= 15 is 0 Å². The highest BCUT2D eigenvalue weighted by Gasteiger charge is 2.03. The van der Waals surface area contributed by atoms with Crippen LogP contribution in [0, 0.1) is 12.3 Å². The van der Waals surface area contributed by atoms with Gasteiger partial charge >= 0.3 is 0 Å². The van der Waals surface area contributed by atoms with Crippen LogP contribution in [0.2, 0.25) is 5.02 Å². The van der Waals surface area contributed by atoms with Gasteiger partial charge in [-0.3, -0.25) is 0 Å². The summed E-state index contributed by atoms with van der Waals surface area (Å²) in [5.41, 5.74) is 1.03. The first kappa shape index (κ1) is 11.9. The van der Waals surface area contributed by atoms with Gasteiger partial charge in [0.05, 0.1) is 13.2 Å². The fourth-order valence-corrected chi connectivity index (χ4v) is 1.45. The van der Waals surface area contributed by atoms with E-state index in [9.17, 15) is 0 Å². The van der Waals surface area contributed by atoms with E-state index in [1.54, 1.807) is 0 Å². The predicted molar refractivity (Wildman–Crippen MR) is 63.2 cm³/mol. The summed E-state index contributed by atoms with van der Waals surface area (Å²) >= 11 is 5.91. The van der Waals surface area contributed by atoms with Gasteiger partial charge in [-0.05, 0) is 25.1 Å². The van der Waals surface area contributed by atoms with E-state index in [1.807, 2.05) is 25.1 Å². The topological polar surface area (TPSA) is 21.3 Å². The van der Waals surface area contributed by atoms with Gasteiger partial charge in [-0.1, -0.05) is 17.5 Å². The Kier molecular flexibility index (Phi) is 5.03.